The number of nitrogens with zero attached hydrogens (tertiary/aromatic N) is 1. The molecule has 96 valence electrons. The van der Waals surface area contributed by atoms with Crippen LogP contribution in [0.1, 0.15) is 24.8 Å². The number of aryl methyl sites for hydroxylation is 1. The molecule has 3 rings (SSSR count). The van der Waals surface area contributed by atoms with Crippen molar-refractivity contribution in [1.29, 1.82) is 0 Å². The van der Waals surface area contributed by atoms with Gasteiger partial charge in [0.15, 0.2) is 0 Å². The van der Waals surface area contributed by atoms with E-state index in [0.717, 1.165) is 37.2 Å². The molecule has 2 aliphatic rings. The molecule has 0 saturated carbocycles. The molecule has 0 bridgehead atoms. The number of carbonyl (C=O) groups is 1. The van der Waals surface area contributed by atoms with Gasteiger partial charge in [-0.1, -0.05) is 18.2 Å². The Morgan fingerprint density at radius 2 is 2.17 bits per heavy atom. The Balaban J connectivity index is 1.82. The van der Waals surface area contributed by atoms with Gasteiger partial charge in [0.1, 0.15) is 0 Å². The van der Waals surface area contributed by atoms with Crippen molar-refractivity contribution in [1.82, 2.24) is 0 Å². The molecule has 0 N–H and O–H groups in total. The molecule has 0 spiro atoms. The second kappa shape index (κ2) is 5.35. The summed E-state index contributed by atoms with van der Waals surface area (Å²) in [5.41, 5.74) is 2.49. The molecule has 1 unspecified atom stereocenters. The molecule has 1 aromatic rings. The van der Waals surface area contributed by atoms with Gasteiger partial charge in [-0.2, -0.15) is 11.8 Å². The van der Waals surface area contributed by atoms with Gasteiger partial charge in [-0.25, -0.2) is 0 Å². The van der Waals surface area contributed by atoms with E-state index in [2.05, 4.69) is 18.2 Å². The summed E-state index contributed by atoms with van der Waals surface area (Å²) in [4.78, 5) is 14.7. The SMILES string of the molecule is O=C(C1CCCSC1)N1CCCc2ccccc21. The summed E-state index contributed by atoms with van der Waals surface area (Å²) in [6.07, 6.45) is 4.48. The van der Waals surface area contributed by atoms with Crippen LogP contribution in [-0.2, 0) is 11.2 Å². The first-order chi connectivity index (χ1) is 8.86. The quantitative estimate of drug-likeness (QED) is 0.774. The highest BCUT2D eigenvalue weighted by Crippen LogP contribution is 2.31. The lowest BCUT2D eigenvalue weighted by Crippen LogP contribution is -2.41. The first-order valence-electron chi connectivity index (χ1n) is 6.83. The van der Waals surface area contributed by atoms with Gasteiger partial charge in [0.05, 0.1) is 0 Å². The maximum absolute atomic E-state index is 12.6. The summed E-state index contributed by atoms with van der Waals surface area (Å²) in [7, 11) is 0. The highest BCUT2D eigenvalue weighted by atomic mass is 32.2. The van der Waals surface area contributed by atoms with Crippen LogP contribution >= 0.6 is 11.8 Å². The minimum atomic E-state index is 0.245. The van der Waals surface area contributed by atoms with Gasteiger partial charge in [-0.05, 0) is 43.1 Å². The average molecular weight is 261 g/mol. The van der Waals surface area contributed by atoms with Crippen LogP contribution in [0, 0.1) is 5.92 Å². The van der Waals surface area contributed by atoms with Gasteiger partial charge in [0.2, 0.25) is 5.91 Å². The van der Waals surface area contributed by atoms with Gasteiger partial charge in [-0.15, -0.1) is 0 Å². The molecule has 1 atom stereocenters. The van der Waals surface area contributed by atoms with E-state index >= 15 is 0 Å². The number of hydrogen-bond donors (Lipinski definition) is 0. The number of fused-ring (bicyclic) bond motifs is 1. The Morgan fingerprint density at radius 3 is 3.00 bits per heavy atom. The topological polar surface area (TPSA) is 20.3 Å². The predicted octanol–water partition coefficient (Wildman–Crippen LogP) is 3.11. The standard InChI is InChI=1S/C15H19NOS/c17-15(13-7-4-10-18-11-13)16-9-3-6-12-5-1-2-8-14(12)16/h1-2,5,8,13H,3-4,6-7,9-11H2. The molecule has 0 aliphatic carbocycles. The number of carbonyl (C=O) groups excluding carboxylic acids is 1. The summed E-state index contributed by atoms with van der Waals surface area (Å²) < 4.78 is 0. The number of rotatable bonds is 1. The Hall–Kier alpha value is -0.960. The van der Waals surface area contributed by atoms with E-state index in [1.54, 1.807) is 0 Å². The van der Waals surface area contributed by atoms with E-state index in [0.29, 0.717) is 5.91 Å². The smallest absolute Gasteiger partial charge is 0.230 e. The van der Waals surface area contributed by atoms with Gasteiger partial charge < -0.3 is 4.90 Å². The van der Waals surface area contributed by atoms with E-state index in [4.69, 9.17) is 0 Å². The fourth-order valence-electron chi connectivity index (χ4n) is 2.92. The monoisotopic (exact) mass is 261 g/mol. The van der Waals surface area contributed by atoms with E-state index < -0.39 is 0 Å². The van der Waals surface area contributed by atoms with Crippen molar-refractivity contribution in [3.8, 4) is 0 Å². The highest BCUT2D eigenvalue weighted by Gasteiger charge is 2.29. The molecule has 2 nitrogen and oxygen atoms in total. The van der Waals surface area contributed by atoms with Crippen LogP contribution in [-0.4, -0.2) is 24.0 Å². The molecule has 3 heteroatoms. The molecule has 1 amide bonds. The first-order valence-corrected chi connectivity index (χ1v) is 7.99. The van der Waals surface area contributed by atoms with Crippen molar-refractivity contribution in [2.45, 2.75) is 25.7 Å². The normalized spacial score (nSPS) is 23.6. The van der Waals surface area contributed by atoms with E-state index in [1.165, 1.54) is 17.7 Å². The van der Waals surface area contributed by atoms with Gasteiger partial charge in [-0.3, -0.25) is 4.79 Å². The largest absolute Gasteiger partial charge is 0.312 e. The van der Waals surface area contributed by atoms with Crippen LogP contribution in [0.15, 0.2) is 24.3 Å². The van der Waals surface area contributed by atoms with Crippen LogP contribution < -0.4 is 4.90 Å². The van der Waals surface area contributed by atoms with Gasteiger partial charge in [0.25, 0.3) is 0 Å². The Kier molecular flexibility index (Phi) is 3.59. The van der Waals surface area contributed by atoms with Crippen molar-refractivity contribution in [2.75, 3.05) is 23.0 Å². The van der Waals surface area contributed by atoms with E-state index in [9.17, 15) is 4.79 Å². The zero-order valence-corrected chi connectivity index (χ0v) is 11.4. The second-order valence-electron chi connectivity index (χ2n) is 5.14. The lowest BCUT2D eigenvalue weighted by molar-refractivity contribution is -0.122. The minimum absolute atomic E-state index is 0.245. The molecule has 18 heavy (non-hydrogen) atoms. The van der Waals surface area contributed by atoms with Gasteiger partial charge in [0, 0.05) is 23.9 Å². The first kappa shape index (κ1) is 12.1. The highest BCUT2D eigenvalue weighted by molar-refractivity contribution is 7.99. The molecule has 0 radical (unpaired) electrons. The third kappa shape index (κ3) is 2.28. The van der Waals surface area contributed by atoms with Crippen molar-refractivity contribution >= 4 is 23.4 Å². The molecule has 1 saturated heterocycles. The average Bonchev–Trinajstić information content (AvgIpc) is 2.47. The van der Waals surface area contributed by atoms with Crippen molar-refractivity contribution < 1.29 is 4.79 Å². The Labute approximate surface area is 113 Å². The lowest BCUT2D eigenvalue weighted by Gasteiger charge is -2.33. The van der Waals surface area contributed by atoms with Crippen molar-refractivity contribution in [2.24, 2.45) is 5.92 Å². The summed E-state index contributed by atoms with van der Waals surface area (Å²) in [6, 6.07) is 8.37. The third-order valence-corrected chi connectivity index (χ3v) is 5.10. The van der Waals surface area contributed by atoms with E-state index in [1.807, 2.05) is 22.7 Å². The number of anilines is 1. The number of thioether (sulfide) groups is 1. The van der Waals surface area contributed by atoms with Crippen LogP contribution in [0.2, 0.25) is 0 Å². The van der Waals surface area contributed by atoms with Crippen molar-refractivity contribution in [3.63, 3.8) is 0 Å². The number of hydrogen-bond acceptors (Lipinski definition) is 2. The van der Waals surface area contributed by atoms with Crippen LogP contribution in [0.3, 0.4) is 0 Å². The summed E-state index contributed by atoms with van der Waals surface area (Å²) >= 11 is 1.93. The van der Waals surface area contributed by atoms with Crippen LogP contribution in [0.25, 0.3) is 0 Å². The zero-order chi connectivity index (χ0) is 12.4. The summed E-state index contributed by atoms with van der Waals surface area (Å²) in [5, 5.41) is 0. The number of para-hydroxylation sites is 1. The van der Waals surface area contributed by atoms with Crippen LogP contribution in [0.5, 0.6) is 0 Å². The van der Waals surface area contributed by atoms with E-state index in [-0.39, 0.29) is 5.92 Å². The molecule has 2 aliphatic heterocycles. The lowest BCUT2D eigenvalue weighted by atomic mass is 9.98. The molecule has 1 aromatic carbocycles. The summed E-state index contributed by atoms with van der Waals surface area (Å²) in [6.45, 7) is 0.900. The molecular formula is C15H19NOS. The zero-order valence-electron chi connectivity index (χ0n) is 10.6. The van der Waals surface area contributed by atoms with Crippen LogP contribution in [0.4, 0.5) is 5.69 Å². The number of amides is 1. The molecule has 1 fully saturated rings. The molecular weight excluding hydrogens is 242 g/mol. The van der Waals surface area contributed by atoms with Crippen molar-refractivity contribution in [3.05, 3.63) is 29.8 Å². The minimum Gasteiger partial charge on any atom is -0.312 e. The molecule has 2 heterocycles. The number of benzene rings is 1. The second-order valence-corrected chi connectivity index (χ2v) is 6.29. The Bertz CT molecular complexity index is 440. The maximum Gasteiger partial charge on any atom is 0.230 e. The Morgan fingerprint density at radius 1 is 1.28 bits per heavy atom. The maximum atomic E-state index is 12.6. The van der Waals surface area contributed by atoms with Gasteiger partial charge >= 0.3 is 0 Å². The fraction of sp³-hybridized carbons (Fsp3) is 0.533. The summed E-state index contributed by atoms with van der Waals surface area (Å²) in [5.74, 6) is 2.84. The fourth-order valence-corrected chi connectivity index (χ4v) is 4.05. The third-order valence-electron chi connectivity index (χ3n) is 3.89. The predicted molar refractivity (Wildman–Crippen MR) is 77.2 cm³/mol. The molecule has 0 aromatic heterocycles.